The van der Waals surface area contributed by atoms with E-state index in [-0.39, 0.29) is 0 Å². The third-order valence-corrected chi connectivity index (χ3v) is 7.05. The van der Waals surface area contributed by atoms with Gasteiger partial charge in [0.2, 0.25) is 0 Å². The van der Waals surface area contributed by atoms with Gasteiger partial charge in [-0.3, -0.25) is 9.88 Å². The van der Waals surface area contributed by atoms with Crippen molar-refractivity contribution in [1.29, 1.82) is 0 Å². The molecule has 2 aliphatic rings. The molecule has 1 aliphatic carbocycles. The number of hydrogen-bond donors (Lipinski definition) is 1. The predicted molar refractivity (Wildman–Crippen MR) is 123 cm³/mol. The van der Waals surface area contributed by atoms with Crippen molar-refractivity contribution in [3.63, 3.8) is 0 Å². The van der Waals surface area contributed by atoms with Crippen LogP contribution >= 0.6 is 0 Å². The number of rotatable bonds is 5. The highest BCUT2D eigenvalue weighted by Crippen LogP contribution is 2.33. The molecule has 1 amide bonds. The lowest BCUT2D eigenvalue weighted by molar-refractivity contribution is 0.116. The summed E-state index contributed by atoms with van der Waals surface area (Å²) in [6.07, 6.45) is 6.45. The number of para-hydroxylation sites is 2. The average molecular weight is 434 g/mol. The quantitative estimate of drug-likeness (QED) is 0.648. The molecule has 0 spiro atoms. The van der Waals surface area contributed by atoms with Crippen LogP contribution in [0.4, 0.5) is 4.79 Å². The van der Waals surface area contributed by atoms with Gasteiger partial charge in [0, 0.05) is 25.8 Å². The Morgan fingerprint density at radius 2 is 2.06 bits per heavy atom. The van der Waals surface area contributed by atoms with E-state index in [1.54, 1.807) is 4.90 Å². The van der Waals surface area contributed by atoms with E-state index in [1.165, 1.54) is 17.7 Å². The lowest BCUT2D eigenvalue weighted by atomic mass is 9.91. The van der Waals surface area contributed by atoms with Crippen LogP contribution in [-0.4, -0.2) is 55.7 Å². The Morgan fingerprint density at radius 3 is 2.94 bits per heavy atom. The lowest BCUT2D eigenvalue weighted by Gasteiger charge is -2.33. The molecule has 1 saturated heterocycles. The molecule has 1 fully saturated rings. The maximum Gasteiger partial charge on any atom is 0.407 e. The summed E-state index contributed by atoms with van der Waals surface area (Å²) in [5.74, 6) is 1.35. The first kappa shape index (κ1) is 20.9. The number of aryl methyl sites for hydroxylation is 1. The Bertz CT molecular complexity index is 1110. The molecule has 5 rings (SSSR count). The predicted octanol–water partition coefficient (Wildman–Crippen LogP) is 4.33. The number of hydrogen-bond acceptors (Lipinski definition) is 4. The number of fused-ring (bicyclic) bond motifs is 2. The molecule has 168 valence electrons. The smallest absolute Gasteiger partial charge is 0.407 e. The number of imidazole rings is 1. The van der Waals surface area contributed by atoms with Crippen LogP contribution in [0.15, 0.2) is 42.6 Å². The summed E-state index contributed by atoms with van der Waals surface area (Å²) in [5.41, 5.74) is 4.70. The third kappa shape index (κ3) is 4.09. The summed E-state index contributed by atoms with van der Waals surface area (Å²) in [6.45, 7) is 2.77. The van der Waals surface area contributed by atoms with Gasteiger partial charge in [-0.15, -0.1) is 0 Å². The van der Waals surface area contributed by atoms with Gasteiger partial charge in [-0.25, -0.2) is 9.78 Å². The summed E-state index contributed by atoms with van der Waals surface area (Å²) in [7, 11) is 2.17. The van der Waals surface area contributed by atoms with Gasteiger partial charge in [0.05, 0.1) is 29.3 Å². The largest absolute Gasteiger partial charge is 0.465 e. The van der Waals surface area contributed by atoms with Gasteiger partial charge in [0.1, 0.15) is 5.82 Å². The zero-order valence-electron chi connectivity index (χ0n) is 18.7. The van der Waals surface area contributed by atoms with Crippen molar-refractivity contribution in [3.8, 4) is 0 Å². The SMILES string of the molecule is CN(Cc1nc2ccccc2n1CC1CCCN(C(=O)O)C1)C1CCCc2cccnc21. The van der Waals surface area contributed by atoms with Crippen LogP contribution in [0.5, 0.6) is 0 Å². The average Bonchev–Trinajstić information content (AvgIpc) is 3.15. The van der Waals surface area contributed by atoms with E-state index in [4.69, 9.17) is 9.97 Å². The van der Waals surface area contributed by atoms with Gasteiger partial charge < -0.3 is 14.6 Å². The van der Waals surface area contributed by atoms with Crippen molar-refractivity contribution in [3.05, 3.63) is 59.7 Å². The monoisotopic (exact) mass is 433 g/mol. The number of likely N-dealkylation sites (tertiary alicyclic amines) is 1. The lowest BCUT2D eigenvalue weighted by Crippen LogP contribution is -2.40. The van der Waals surface area contributed by atoms with Crippen molar-refractivity contribution in [1.82, 2.24) is 24.3 Å². The van der Waals surface area contributed by atoms with Gasteiger partial charge in [0.15, 0.2) is 0 Å². The topological polar surface area (TPSA) is 74.5 Å². The molecule has 7 nitrogen and oxygen atoms in total. The maximum atomic E-state index is 11.5. The molecule has 1 aliphatic heterocycles. The van der Waals surface area contributed by atoms with Crippen molar-refractivity contribution in [2.24, 2.45) is 5.92 Å². The van der Waals surface area contributed by atoms with Crippen LogP contribution in [0, 0.1) is 5.92 Å². The zero-order chi connectivity index (χ0) is 22.1. The number of carboxylic acid groups (broad SMARTS) is 1. The molecular formula is C25H31N5O2. The van der Waals surface area contributed by atoms with E-state index in [2.05, 4.69) is 40.8 Å². The molecule has 0 radical (unpaired) electrons. The number of piperidine rings is 1. The van der Waals surface area contributed by atoms with Crippen molar-refractivity contribution < 1.29 is 9.90 Å². The standard InChI is InChI=1S/C25H31N5O2/c1-28(22-12-4-8-19-9-5-13-26-24(19)22)17-23-27-20-10-2-3-11-21(20)30(23)16-18-7-6-14-29(15-18)25(31)32/h2-3,5,9-11,13,18,22H,4,6-8,12,14-17H2,1H3,(H,31,32). The molecule has 7 heteroatoms. The summed E-state index contributed by atoms with van der Waals surface area (Å²) in [4.78, 5) is 25.1. The molecule has 0 bridgehead atoms. The number of carbonyl (C=O) groups is 1. The van der Waals surface area contributed by atoms with Crippen LogP contribution < -0.4 is 0 Å². The molecule has 0 saturated carbocycles. The Morgan fingerprint density at radius 1 is 1.19 bits per heavy atom. The second-order valence-corrected chi connectivity index (χ2v) is 9.24. The summed E-state index contributed by atoms with van der Waals surface area (Å²) < 4.78 is 2.32. The first-order chi connectivity index (χ1) is 15.6. The highest BCUT2D eigenvalue weighted by Gasteiger charge is 2.28. The van der Waals surface area contributed by atoms with Gasteiger partial charge in [-0.1, -0.05) is 18.2 Å². The first-order valence-electron chi connectivity index (χ1n) is 11.7. The molecule has 1 N–H and O–H groups in total. The Balaban J connectivity index is 1.41. The fourth-order valence-electron chi connectivity index (χ4n) is 5.44. The van der Waals surface area contributed by atoms with E-state index in [0.29, 0.717) is 25.0 Å². The summed E-state index contributed by atoms with van der Waals surface area (Å²) >= 11 is 0. The van der Waals surface area contributed by atoms with Crippen LogP contribution in [0.2, 0.25) is 0 Å². The highest BCUT2D eigenvalue weighted by atomic mass is 16.4. The minimum Gasteiger partial charge on any atom is -0.465 e. The number of amides is 1. The van der Waals surface area contributed by atoms with Gasteiger partial charge in [-0.05, 0) is 68.8 Å². The minimum absolute atomic E-state index is 0.297. The fourth-order valence-corrected chi connectivity index (χ4v) is 5.44. The van der Waals surface area contributed by atoms with E-state index >= 15 is 0 Å². The molecule has 1 aromatic carbocycles. The first-order valence-corrected chi connectivity index (χ1v) is 11.7. The van der Waals surface area contributed by atoms with Gasteiger partial charge >= 0.3 is 6.09 Å². The Kier molecular flexibility index (Phi) is 5.83. The van der Waals surface area contributed by atoms with E-state index in [9.17, 15) is 9.90 Å². The van der Waals surface area contributed by atoms with Gasteiger partial charge in [-0.2, -0.15) is 0 Å². The molecule has 3 heterocycles. The summed E-state index contributed by atoms with van der Waals surface area (Å²) in [5, 5.41) is 9.45. The van der Waals surface area contributed by atoms with E-state index in [1.807, 2.05) is 18.3 Å². The number of benzene rings is 1. The van der Waals surface area contributed by atoms with E-state index in [0.717, 1.165) is 55.6 Å². The molecule has 2 unspecified atom stereocenters. The molecule has 2 atom stereocenters. The zero-order valence-corrected chi connectivity index (χ0v) is 18.7. The minimum atomic E-state index is -0.811. The van der Waals surface area contributed by atoms with Crippen molar-refractivity contribution in [2.75, 3.05) is 20.1 Å². The Labute approximate surface area is 188 Å². The molecule has 32 heavy (non-hydrogen) atoms. The second kappa shape index (κ2) is 8.90. The number of nitrogens with zero attached hydrogens (tertiary/aromatic N) is 5. The number of pyridine rings is 1. The normalized spacial score (nSPS) is 21.1. The maximum absolute atomic E-state index is 11.5. The second-order valence-electron chi connectivity index (χ2n) is 9.24. The highest BCUT2D eigenvalue weighted by molar-refractivity contribution is 5.75. The summed E-state index contributed by atoms with van der Waals surface area (Å²) in [6, 6.07) is 12.8. The Hall–Kier alpha value is -2.93. The van der Waals surface area contributed by atoms with Crippen LogP contribution in [0.1, 0.15) is 48.8 Å². The van der Waals surface area contributed by atoms with Crippen LogP contribution in [-0.2, 0) is 19.5 Å². The van der Waals surface area contributed by atoms with Crippen molar-refractivity contribution in [2.45, 2.75) is 51.2 Å². The van der Waals surface area contributed by atoms with E-state index < -0.39 is 6.09 Å². The molecule has 2 aromatic heterocycles. The van der Waals surface area contributed by atoms with Crippen LogP contribution in [0.25, 0.3) is 11.0 Å². The fraction of sp³-hybridized carbons (Fsp3) is 0.480. The third-order valence-electron chi connectivity index (χ3n) is 7.05. The molecule has 3 aromatic rings. The number of aromatic nitrogens is 3. The molecular weight excluding hydrogens is 402 g/mol. The van der Waals surface area contributed by atoms with Crippen LogP contribution in [0.3, 0.4) is 0 Å². The van der Waals surface area contributed by atoms with Crippen molar-refractivity contribution >= 4 is 17.1 Å². The van der Waals surface area contributed by atoms with Gasteiger partial charge in [0.25, 0.3) is 0 Å².